The highest BCUT2D eigenvalue weighted by molar-refractivity contribution is 7.89. The molecule has 4 rings (SSSR count). The topological polar surface area (TPSA) is 98.8 Å². The van der Waals surface area contributed by atoms with Crippen molar-refractivity contribution in [1.29, 1.82) is 0 Å². The second kappa shape index (κ2) is 9.13. The van der Waals surface area contributed by atoms with Crippen molar-refractivity contribution in [2.45, 2.75) is 25.7 Å². The summed E-state index contributed by atoms with van der Waals surface area (Å²) in [5.74, 6) is -1.04. The number of anilines is 1. The van der Waals surface area contributed by atoms with Crippen LogP contribution in [-0.2, 0) is 10.0 Å². The number of carbonyl (C=O) groups is 2. The zero-order valence-electron chi connectivity index (χ0n) is 19.0. The molecule has 0 radical (unpaired) electrons. The van der Waals surface area contributed by atoms with E-state index in [0.29, 0.717) is 35.3 Å². The molecule has 0 atom stereocenters. The lowest BCUT2D eigenvalue weighted by Crippen LogP contribution is -2.52. The van der Waals surface area contributed by atoms with Gasteiger partial charge in [0.1, 0.15) is 0 Å². The molecule has 34 heavy (non-hydrogen) atoms. The maximum atomic E-state index is 13.1. The lowest BCUT2D eigenvalue weighted by molar-refractivity contribution is 0.0568. The fraction of sp³-hybridized carbons (Fsp3) is 0.208. The molecule has 0 unspecified atom stereocenters. The zero-order chi connectivity index (χ0) is 24.6. The van der Waals surface area contributed by atoms with Crippen LogP contribution in [0.15, 0.2) is 59.5 Å². The first kappa shape index (κ1) is 23.8. The molecule has 3 aromatic rings. The molecule has 0 saturated carbocycles. The number of amides is 2. The van der Waals surface area contributed by atoms with Crippen LogP contribution in [0.25, 0.3) is 10.8 Å². The van der Waals surface area contributed by atoms with Crippen LogP contribution in [0, 0.1) is 6.92 Å². The number of hydrogen-bond donors (Lipinski definition) is 2. The molecule has 0 fully saturated rings. The summed E-state index contributed by atoms with van der Waals surface area (Å²) in [4.78, 5) is 26.3. The Kier molecular flexibility index (Phi) is 6.39. The van der Waals surface area contributed by atoms with E-state index in [2.05, 4.69) is 10.7 Å². The average Bonchev–Trinajstić information content (AvgIpc) is 2.82. The lowest BCUT2D eigenvalue weighted by Gasteiger charge is -2.28. The minimum Gasteiger partial charge on any atom is -0.331 e. The third-order valence-electron chi connectivity index (χ3n) is 5.79. The minimum atomic E-state index is -3.67. The van der Waals surface area contributed by atoms with Crippen LogP contribution in [0.1, 0.15) is 40.1 Å². The predicted octanol–water partition coefficient (Wildman–Crippen LogP) is 3.68. The normalized spacial score (nSPS) is 13.5. The summed E-state index contributed by atoms with van der Waals surface area (Å²) in [6, 6.07) is 15.3. The molecule has 0 bridgehead atoms. The SMILES string of the molecule is CCN(CC)S(=O)(=O)c1ccc(C)c(NC(=S)NN2C(=O)c3cccc4cccc(c34)C2=O)c1. The molecule has 0 saturated heterocycles. The first-order valence-electron chi connectivity index (χ1n) is 10.8. The maximum Gasteiger partial charge on any atom is 0.280 e. The Hall–Kier alpha value is -3.34. The zero-order valence-corrected chi connectivity index (χ0v) is 20.6. The second-order valence-electron chi connectivity index (χ2n) is 7.79. The number of benzene rings is 3. The number of hydrazine groups is 1. The van der Waals surface area contributed by atoms with E-state index in [1.807, 2.05) is 12.1 Å². The van der Waals surface area contributed by atoms with Crippen molar-refractivity contribution in [3.05, 3.63) is 71.3 Å². The van der Waals surface area contributed by atoms with Gasteiger partial charge in [0.15, 0.2) is 5.11 Å². The van der Waals surface area contributed by atoms with Crippen molar-refractivity contribution < 1.29 is 18.0 Å². The quantitative estimate of drug-likeness (QED) is 0.397. The predicted molar refractivity (Wildman–Crippen MR) is 135 cm³/mol. The van der Waals surface area contributed by atoms with Gasteiger partial charge in [0, 0.05) is 24.2 Å². The summed E-state index contributed by atoms with van der Waals surface area (Å²) >= 11 is 5.37. The summed E-state index contributed by atoms with van der Waals surface area (Å²) in [6.45, 7) is 6.05. The van der Waals surface area contributed by atoms with Gasteiger partial charge in [-0.15, -0.1) is 0 Å². The minimum absolute atomic E-state index is 0.0197. The van der Waals surface area contributed by atoms with Gasteiger partial charge >= 0.3 is 0 Å². The van der Waals surface area contributed by atoms with Gasteiger partial charge in [0.2, 0.25) is 10.0 Å². The van der Waals surface area contributed by atoms with Gasteiger partial charge in [0.05, 0.1) is 16.0 Å². The summed E-state index contributed by atoms with van der Waals surface area (Å²) in [7, 11) is -3.67. The van der Waals surface area contributed by atoms with Gasteiger partial charge in [-0.1, -0.05) is 44.2 Å². The van der Waals surface area contributed by atoms with Crippen LogP contribution in [0.4, 0.5) is 5.69 Å². The number of rotatable bonds is 6. The number of aryl methyl sites for hydroxylation is 1. The Morgan fingerprint density at radius 1 is 0.971 bits per heavy atom. The number of nitrogens with zero attached hydrogens (tertiary/aromatic N) is 2. The van der Waals surface area contributed by atoms with E-state index in [-0.39, 0.29) is 10.0 Å². The van der Waals surface area contributed by atoms with Crippen molar-refractivity contribution >= 4 is 55.6 Å². The fourth-order valence-corrected chi connectivity index (χ4v) is 5.68. The average molecular weight is 497 g/mol. The molecular weight excluding hydrogens is 472 g/mol. The maximum absolute atomic E-state index is 13.1. The Morgan fingerprint density at radius 3 is 2.12 bits per heavy atom. The molecule has 10 heteroatoms. The molecule has 0 aliphatic carbocycles. The van der Waals surface area contributed by atoms with E-state index >= 15 is 0 Å². The summed E-state index contributed by atoms with van der Waals surface area (Å²) in [5, 5.41) is 5.20. The van der Waals surface area contributed by atoms with Crippen molar-refractivity contribution in [3.63, 3.8) is 0 Å². The first-order chi connectivity index (χ1) is 16.2. The Bertz CT molecular complexity index is 1380. The summed E-state index contributed by atoms with van der Waals surface area (Å²) in [6.07, 6.45) is 0. The van der Waals surface area contributed by atoms with Crippen molar-refractivity contribution in [3.8, 4) is 0 Å². The number of carbonyl (C=O) groups excluding carboxylic acids is 2. The molecule has 8 nitrogen and oxygen atoms in total. The van der Waals surface area contributed by atoms with E-state index in [4.69, 9.17) is 12.2 Å². The van der Waals surface area contributed by atoms with Gasteiger partial charge in [-0.25, -0.2) is 8.42 Å². The molecule has 176 valence electrons. The Balaban J connectivity index is 1.59. The van der Waals surface area contributed by atoms with Gasteiger partial charge < -0.3 is 5.32 Å². The Labute approximate surface area is 203 Å². The molecule has 0 spiro atoms. The van der Waals surface area contributed by atoms with Crippen molar-refractivity contribution in [1.82, 2.24) is 14.7 Å². The van der Waals surface area contributed by atoms with E-state index in [9.17, 15) is 18.0 Å². The highest BCUT2D eigenvalue weighted by Crippen LogP contribution is 2.29. The van der Waals surface area contributed by atoms with E-state index in [0.717, 1.165) is 16.0 Å². The van der Waals surface area contributed by atoms with Gasteiger partial charge in [0.25, 0.3) is 11.8 Å². The Morgan fingerprint density at radius 2 is 1.56 bits per heavy atom. The largest absolute Gasteiger partial charge is 0.331 e. The van der Waals surface area contributed by atoms with Gasteiger partial charge in [-0.05, 0) is 54.4 Å². The van der Waals surface area contributed by atoms with Crippen LogP contribution < -0.4 is 10.7 Å². The monoisotopic (exact) mass is 496 g/mol. The standard InChI is InChI=1S/C24H24N4O4S2/c1-4-27(5-2)34(31,32)17-13-12-15(3)20(14-17)25-24(33)26-28-22(29)18-10-6-8-16-9-7-11-19(21(16)18)23(28)30/h6-14H,4-5H2,1-3H3,(H2,25,26,33). The van der Waals surface area contributed by atoms with Gasteiger partial charge in [-0.3, -0.25) is 15.0 Å². The number of nitrogens with one attached hydrogen (secondary N) is 2. The molecule has 2 amide bonds. The molecule has 3 aromatic carbocycles. The molecule has 1 aliphatic rings. The van der Waals surface area contributed by atoms with Crippen LogP contribution in [0.5, 0.6) is 0 Å². The van der Waals surface area contributed by atoms with Crippen molar-refractivity contribution in [2.24, 2.45) is 0 Å². The second-order valence-corrected chi connectivity index (χ2v) is 10.1. The number of thiocarbonyl (C=S) groups is 1. The number of hydrogen-bond acceptors (Lipinski definition) is 5. The highest BCUT2D eigenvalue weighted by atomic mass is 32.2. The van der Waals surface area contributed by atoms with Gasteiger partial charge in [-0.2, -0.15) is 9.31 Å². The van der Waals surface area contributed by atoms with Crippen LogP contribution in [0.3, 0.4) is 0 Å². The number of imide groups is 1. The lowest BCUT2D eigenvalue weighted by atomic mass is 9.95. The molecule has 1 heterocycles. The van der Waals surface area contributed by atoms with Crippen LogP contribution >= 0.6 is 12.2 Å². The fourth-order valence-electron chi connectivity index (χ4n) is 3.99. The third kappa shape index (κ3) is 4.04. The molecule has 1 aliphatic heterocycles. The third-order valence-corrected chi connectivity index (χ3v) is 8.02. The van der Waals surface area contributed by atoms with E-state index < -0.39 is 21.8 Å². The number of sulfonamides is 1. The first-order valence-corrected chi connectivity index (χ1v) is 12.6. The van der Waals surface area contributed by atoms with Crippen LogP contribution in [0.2, 0.25) is 0 Å². The molecule has 0 aromatic heterocycles. The summed E-state index contributed by atoms with van der Waals surface area (Å²) in [5.41, 5.74) is 4.66. The van der Waals surface area contributed by atoms with Crippen LogP contribution in [-0.4, -0.2) is 47.7 Å². The molecular formula is C24H24N4O4S2. The van der Waals surface area contributed by atoms with E-state index in [1.54, 1.807) is 57.2 Å². The molecule has 2 N–H and O–H groups in total. The summed E-state index contributed by atoms with van der Waals surface area (Å²) < 4.78 is 27.2. The highest BCUT2D eigenvalue weighted by Gasteiger charge is 2.33. The van der Waals surface area contributed by atoms with E-state index in [1.165, 1.54) is 10.4 Å². The van der Waals surface area contributed by atoms with Crippen molar-refractivity contribution in [2.75, 3.05) is 18.4 Å². The smallest absolute Gasteiger partial charge is 0.280 e.